The van der Waals surface area contributed by atoms with Gasteiger partial charge in [-0.15, -0.1) is 4.31 Å². The van der Waals surface area contributed by atoms with Crippen LogP contribution in [0.1, 0.15) is 11.1 Å². The molecule has 3 aromatic rings. The van der Waals surface area contributed by atoms with E-state index in [1.54, 1.807) is 36.3 Å². The molecule has 0 saturated heterocycles. The molecule has 0 aromatic heterocycles. The third kappa shape index (κ3) is 3.46. The zero-order valence-corrected chi connectivity index (χ0v) is 17.8. The van der Waals surface area contributed by atoms with Crippen molar-refractivity contribution in [3.8, 4) is 11.5 Å². The molecule has 0 radical (unpaired) electrons. The van der Waals surface area contributed by atoms with Gasteiger partial charge in [0.1, 0.15) is 22.7 Å². The average molecular weight is 423 g/mol. The maximum Gasteiger partial charge on any atom is 0.371 e. The van der Waals surface area contributed by atoms with E-state index >= 15 is 0 Å². The summed E-state index contributed by atoms with van der Waals surface area (Å²) in [6.07, 6.45) is 0. The molecule has 0 N–H and O–H groups in total. The number of fused-ring (bicyclic) bond motifs is 1. The van der Waals surface area contributed by atoms with Crippen LogP contribution in [-0.2, 0) is 17.9 Å². The highest BCUT2D eigenvalue weighted by atomic mass is 32.2. The highest BCUT2D eigenvalue weighted by molar-refractivity contribution is 7.94. The zero-order chi connectivity index (χ0) is 21.3. The molecule has 0 aliphatic carbocycles. The van der Waals surface area contributed by atoms with Crippen LogP contribution in [0.25, 0.3) is 0 Å². The first kappa shape index (κ1) is 20.1. The molecule has 1 aliphatic heterocycles. The number of methoxy groups -OCH3 is 2. The van der Waals surface area contributed by atoms with Crippen molar-refractivity contribution in [1.82, 2.24) is 0 Å². The van der Waals surface area contributed by atoms with E-state index in [4.69, 9.17) is 9.47 Å². The van der Waals surface area contributed by atoms with Gasteiger partial charge in [-0.2, -0.15) is 0 Å². The van der Waals surface area contributed by atoms with E-state index in [0.717, 1.165) is 11.1 Å². The maximum absolute atomic E-state index is 13.6. The molecule has 1 unspecified atom stereocenters. The van der Waals surface area contributed by atoms with Crippen LogP contribution in [0.4, 0.5) is 16.2 Å². The fraction of sp³-hybridized carbons (Fsp3) is 0.174. The predicted octanol–water partition coefficient (Wildman–Crippen LogP) is 4.68. The van der Waals surface area contributed by atoms with Crippen molar-refractivity contribution in [2.75, 3.05) is 23.4 Å². The Hall–Kier alpha value is -3.16. The number of nitrogens with zero attached hydrogens (tertiary/aromatic N) is 2. The van der Waals surface area contributed by atoms with E-state index in [0.29, 0.717) is 34.3 Å². The second-order valence-corrected chi connectivity index (χ2v) is 8.15. The summed E-state index contributed by atoms with van der Waals surface area (Å²) in [4.78, 5) is 15.8. The predicted molar refractivity (Wildman–Crippen MR) is 118 cm³/mol. The standard InChI is InChI=1S/C23H22N2O4S/c1-16-8-4-5-9-17(16)15-24-19-10-6-7-11-22(19)30(27)25(23(24)26)18-12-13-20(28-2)21(14-18)29-3/h4-14H,15H2,1-3H3. The van der Waals surface area contributed by atoms with Crippen molar-refractivity contribution in [1.29, 1.82) is 0 Å². The Morgan fingerprint density at radius 3 is 2.37 bits per heavy atom. The minimum Gasteiger partial charge on any atom is -0.587 e. The lowest BCUT2D eigenvalue weighted by atomic mass is 10.1. The second-order valence-electron chi connectivity index (χ2n) is 6.85. The molecule has 2 amide bonds. The Bertz CT molecular complexity index is 1090. The topological polar surface area (TPSA) is 65.1 Å². The van der Waals surface area contributed by atoms with Crippen LogP contribution in [0.5, 0.6) is 11.5 Å². The fourth-order valence-corrected chi connectivity index (χ4v) is 4.77. The molecule has 0 bridgehead atoms. The number of benzene rings is 3. The SMILES string of the molecule is COc1ccc(N2C(=O)N(Cc3ccccc3C)c3ccccc3[S+]2[O-])cc1OC. The van der Waals surface area contributed by atoms with Crippen molar-refractivity contribution in [2.45, 2.75) is 18.4 Å². The normalized spacial score (nSPS) is 15.7. The highest BCUT2D eigenvalue weighted by Crippen LogP contribution is 2.40. The van der Waals surface area contributed by atoms with Crippen molar-refractivity contribution < 1.29 is 18.8 Å². The molecule has 3 aromatic carbocycles. The van der Waals surface area contributed by atoms with Crippen LogP contribution in [0.3, 0.4) is 0 Å². The van der Waals surface area contributed by atoms with Crippen LogP contribution >= 0.6 is 0 Å². The molecule has 6 nitrogen and oxygen atoms in total. The molecule has 154 valence electrons. The van der Waals surface area contributed by atoms with E-state index < -0.39 is 11.4 Å². The lowest BCUT2D eigenvalue weighted by molar-refractivity contribution is 0.253. The second kappa shape index (κ2) is 8.30. The minimum absolute atomic E-state index is 0.359. The number of carbonyl (C=O) groups is 1. The first-order valence-corrected chi connectivity index (χ1v) is 10.5. The zero-order valence-electron chi connectivity index (χ0n) is 17.0. The summed E-state index contributed by atoms with van der Waals surface area (Å²) in [5.74, 6) is 0.998. The van der Waals surface area contributed by atoms with Gasteiger partial charge in [0.15, 0.2) is 11.5 Å². The van der Waals surface area contributed by atoms with Crippen LogP contribution < -0.4 is 18.7 Å². The van der Waals surface area contributed by atoms with Gasteiger partial charge in [0.2, 0.25) is 4.90 Å². The van der Waals surface area contributed by atoms with Crippen molar-refractivity contribution in [3.05, 3.63) is 77.9 Å². The first-order chi connectivity index (χ1) is 14.5. The van der Waals surface area contributed by atoms with Crippen LogP contribution in [0.15, 0.2) is 71.6 Å². The van der Waals surface area contributed by atoms with Gasteiger partial charge in [-0.05, 0) is 42.3 Å². The van der Waals surface area contributed by atoms with Gasteiger partial charge in [0.25, 0.3) is 0 Å². The average Bonchev–Trinajstić information content (AvgIpc) is 2.77. The number of aryl methyl sites for hydroxylation is 1. The van der Waals surface area contributed by atoms with Gasteiger partial charge < -0.3 is 14.0 Å². The van der Waals surface area contributed by atoms with Crippen molar-refractivity contribution in [3.63, 3.8) is 0 Å². The lowest BCUT2D eigenvalue weighted by Crippen LogP contribution is -2.50. The molecular formula is C23H22N2O4S. The Kier molecular flexibility index (Phi) is 5.57. The van der Waals surface area contributed by atoms with Crippen LogP contribution in [-0.4, -0.2) is 24.8 Å². The summed E-state index contributed by atoms with van der Waals surface area (Å²) in [7, 11) is 3.07. The van der Waals surface area contributed by atoms with Crippen molar-refractivity contribution >= 4 is 28.8 Å². The summed E-state index contributed by atoms with van der Waals surface area (Å²) in [5, 5.41) is 0. The maximum atomic E-state index is 13.6. The van der Waals surface area contributed by atoms with Crippen molar-refractivity contribution in [2.24, 2.45) is 0 Å². The number of para-hydroxylation sites is 1. The molecular weight excluding hydrogens is 400 g/mol. The Morgan fingerprint density at radius 2 is 1.63 bits per heavy atom. The van der Waals surface area contributed by atoms with Crippen LogP contribution in [0, 0.1) is 6.92 Å². The molecule has 7 heteroatoms. The summed E-state index contributed by atoms with van der Waals surface area (Å²) >= 11 is -1.69. The largest absolute Gasteiger partial charge is 0.587 e. The van der Waals surface area contributed by atoms with Gasteiger partial charge >= 0.3 is 6.03 Å². The molecule has 1 aliphatic rings. The van der Waals surface area contributed by atoms with Gasteiger partial charge in [-0.25, -0.2) is 4.79 Å². The molecule has 4 rings (SSSR count). The van der Waals surface area contributed by atoms with E-state index in [9.17, 15) is 9.35 Å². The van der Waals surface area contributed by atoms with E-state index in [1.807, 2.05) is 49.4 Å². The Balaban J connectivity index is 1.80. The fourth-order valence-electron chi connectivity index (χ4n) is 3.48. The summed E-state index contributed by atoms with van der Waals surface area (Å²) in [5.41, 5.74) is 3.24. The molecule has 1 atom stereocenters. The molecule has 30 heavy (non-hydrogen) atoms. The number of hydrogen-bond acceptors (Lipinski definition) is 4. The third-order valence-electron chi connectivity index (χ3n) is 5.11. The number of anilines is 2. The third-order valence-corrected chi connectivity index (χ3v) is 6.53. The molecule has 1 heterocycles. The molecule has 0 fully saturated rings. The summed E-state index contributed by atoms with van der Waals surface area (Å²) in [6, 6.07) is 19.9. The van der Waals surface area contributed by atoms with Gasteiger partial charge in [0, 0.05) is 6.07 Å². The Morgan fingerprint density at radius 1 is 0.933 bits per heavy atom. The minimum atomic E-state index is -1.69. The summed E-state index contributed by atoms with van der Waals surface area (Å²) < 4.78 is 25.3. The van der Waals surface area contributed by atoms with Gasteiger partial charge in [0.05, 0.1) is 20.8 Å². The van der Waals surface area contributed by atoms with Gasteiger partial charge in [-0.3, -0.25) is 4.90 Å². The van der Waals surface area contributed by atoms with Crippen LogP contribution in [0.2, 0.25) is 0 Å². The smallest absolute Gasteiger partial charge is 0.371 e. The number of ether oxygens (including phenoxy) is 2. The number of hydrogen-bond donors (Lipinski definition) is 0. The van der Waals surface area contributed by atoms with E-state index in [1.165, 1.54) is 11.4 Å². The monoisotopic (exact) mass is 422 g/mol. The Labute approximate surface area is 179 Å². The van der Waals surface area contributed by atoms with Gasteiger partial charge in [-0.1, -0.05) is 36.4 Å². The number of carbonyl (C=O) groups excluding carboxylic acids is 1. The summed E-state index contributed by atoms with van der Waals surface area (Å²) in [6.45, 7) is 2.39. The number of amides is 2. The number of urea groups is 1. The quantitative estimate of drug-likeness (QED) is 0.560. The van der Waals surface area contributed by atoms with E-state index in [-0.39, 0.29) is 6.03 Å². The molecule has 0 saturated carbocycles. The first-order valence-electron chi connectivity index (χ1n) is 9.44. The molecule has 0 spiro atoms. The number of rotatable bonds is 5. The lowest BCUT2D eigenvalue weighted by Gasteiger charge is -2.36. The van der Waals surface area contributed by atoms with E-state index in [2.05, 4.69) is 0 Å². The highest BCUT2D eigenvalue weighted by Gasteiger charge is 2.43.